The molecule has 3 N–H and O–H groups in total. The number of nitrogens with zero attached hydrogens (tertiary/aromatic N) is 2. The van der Waals surface area contributed by atoms with E-state index in [0.717, 1.165) is 25.0 Å². The summed E-state index contributed by atoms with van der Waals surface area (Å²) < 4.78 is 80.9. The van der Waals surface area contributed by atoms with E-state index >= 15 is 0 Å². The smallest absolute Gasteiger partial charge is 0.416 e. The Morgan fingerprint density at radius 3 is 2.52 bits per heavy atom. The number of amides is 4. The predicted octanol–water partition coefficient (Wildman–Crippen LogP) is 5.52. The zero-order valence-corrected chi connectivity index (χ0v) is 32.3. The van der Waals surface area contributed by atoms with Crippen LogP contribution in [-0.4, -0.2) is 77.5 Å². The third-order valence-corrected chi connectivity index (χ3v) is 13.1. The number of aromatic nitrogens is 1. The number of nitrogens with one attached hydrogen (secondary N) is 3. The second kappa shape index (κ2) is 15.1. The Morgan fingerprint density at radius 2 is 1.79 bits per heavy atom. The Morgan fingerprint density at radius 1 is 1.03 bits per heavy atom. The number of sulfonamides is 1. The number of halogens is 3. The lowest BCUT2D eigenvalue weighted by Gasteiger charge is -2.29. The number of ether oxygens (including phenoxy) is 1. The molecule has 5 atom stereocenters. The SMILES string of the molecule is CC(=O)N[C@H]1CCCCCC=C[C@@H]2C[C@@]2(C(=O)NS(=O)(=O)C2CC2)NC(=O)[C@@H]2C[C@@H](Oc3cc(-c4ccc(C(F)(F)F)cc4)nc4c3oc3ccccc34)CN2C1=O. The lowest BCUT2D eigenvalue weighted by Crippen LogP contribution is -2.58. The van der Waals surface area contributed by atoms with Crippen molar-refractivity contribution in [3.05, 3.63) is 72.3 Å². The average Bonchev–Trinajstić information content (AvgIpc) is 4.08. The van der Waals surface area contributed by atoms with E-state index in [4.69, 9.17) is 14.1 Å². The first kappa shape index (κ1) is 39.4. The predicted molar refractivity (Wildman–Crippen MR) is 205 cm³/mol. The molecular weight excluding hydrogens is 780 g/mol. The number of carbonyl (C=O) groups is 4. The Bertz CT molecular complexity index is 2430. The van der Waals surface area contributed by atoms with Gasteiger partial charge < -0.3 is 24.7 Å². The second-order valence-corrected chi connectivity index (χ2v) is 17.6. The van der Waals surface area contributed by atoms with Crippen molar-refractivity contribution in [1.29, 1.82) is 0 Å². The Balaban J connectivity index is 1.14. The molecule has 4 heterocycles. The highest BCUT2D eigenvalue weighted by molar-refractivity contribution is 7.91. The molecule has 2 saturated carbocycles. The largest absolute Gasteiger partial charge is 0.484 e. The number of rotatable bonds is 7. The van der Waals surface area contributed by atoms with E-state index in [1.807, 2.05) is 12.2 Å². The molecule has 0 unspecified atom stereocenters. The van der Waals surface area contributed by atoms with E-state index in [0.29, 0.717) is 54.2 Å². The summed E-state index contributed by atoms with van der Waals surface area (Å²) in [6.07, 6.45) is 2.40. The Hall–Kier alpha value is -5.45. The molecule has 13 nitrogen and oxygen atoms in total. The van der Waals surface area contributed by atoms with Gasteiger partial charge in [-0.05, 0) is 62.8 Å². The number of para-hydroxylation sites is 1. The van der Waals surface area contributed by atoms with Crippen LogP contribution in [0.4, 0.5) is 13.2 Å². The molecule has 0 bridgehead atoms. The van der Waals surface area contributed by atoms with Crippen LogP contribution in [0.3, 0.4) is 0 Å². The topological polar surface area (TPSA) is 177 Å². The maximum absolute atomic E-state index is 14.4. The van der Waals surface area contributed by atoms with E-state index in [-0.39, 0.29) is 36.4 Å². The highest BCUT2D eigenvalue weighted by atomic mass is 32.2. The summed E-state index contributed by atoms with van der Waals surface area (Å²) in [7, 11) is -3.94. The average molecular weight is 822 g/mol. The number of allylic oxidation sites excluding steroid dienone is 1. The maximum Gasteiger partial charge on any atom is 0.416 e. The molecule has 4 aliphatic rings. The summed E-state index contributed by atoms with van der Waals surface area (Å²) in [6.45, 7) is 1.18. The van der Waals surface area contributed by atoms with Gasteiger partial charge in [-0.3, -0.25) is 23.9 Å². The lowest BCUT2D eigenvalue weighted by atomic mass is 10.0. The molecule has 2 aromatic heterocycles. The van der Waals surface area contributed by atoms with E-state index in [9.17, 15) is 40.8 Å². The van der Waals surface area contributed by atoms with Crippen LogP contribution in [0.1, 0.15) is 70.3 Å². The number of pyridine rings is 1. The number of carbonyl (C=O) groups excluding carboxylic acids is 4. The van der Waals surface area contributed by atoms with Gasteiger partial charge in [0.25, 0.3) is 5.91 Å². The third kappa shape index (κ3) is 7.87. The molecule has 0 radical (unpaired) electrons. The van der Waals surface area contributed by atoms with Crippen LogP contribution in [0.15, 0.2) is 71.2 Å². The van der Waals surface area contributed by atoms with Gasteiger partial charge in [-0.15, -0.1) is 0 Å². The molecule has 8 rings (SSSR count). The van der Waals surface area contributed by atoms with Crippen molar-refractivity contribution >= 4 is 55.7 Å². The number of alkyl halides is 3. The summed E-state index contributed by atoms with van der Waals surface area (Å²) in [4.78, 5) is 60.9. The molecular formula is C41H42F3N5O8S. The van der Waals surface area contributed by atoms with Crippen molar-refractivity contribution in [2.45, 2.75) is 99.9 Å². The van der Waals surface area contributed by atoms with E-state index in [2.05, 4.69) is 15.4 Å². The van der Waals surface area contributed by atoms with E-state index < -0.39 is 80.3 Å². The van der Waals surface area contributed by atoms with Crippen molar-refractivity contribution in [3.63, 3.8) is 0 Å². The van der Waals surface area contributed by atoms with Crippen LogP contribution >= 0.6 is 0 Å². The van der Waals surface area contributed by atoms with Crippen molar-refractivity contribution in [3.8, 4) is 17.0 Å². The van der Waals surface area contributed by atoms with Crippen LogP contribution in [0.25, 0.3) is 33.3 Å². The number of furan rings is 1. The van der Waals surface area contributed by atoms with Gasteiger partial charge in [0.2, 0.25) is 27.7 Å². The van der Waals surface area contributed by atoms with Gasteiger partial charge in [0.05, 0.1) is 23.1 Å². The van der Waals surface area contributed by atoms with Gasteiger partial charge in [-0.2, -0.15) is 13.2 Å². The Kier molecular flexibility index (Phi) is 10.2. The fourth-order valence-corrected chi connectivity index (χ4v) is 9.35. The van der Waals surface area contributed by atoms with Crippen molar-refractivity contribution < 1.29 is 49.9 Å². The fraction of sp³-hybridized carbons (Fsp3) is 0.439. The molecule has 3 fully saturated rings. The molecule has 4 amide bonds. The summed E-state index contributed by atoms with van der Waals surface area (Å²) >= 11 is 0. The zero-order chi connectivity index (χ0) is 41.0. The van der Waals surface area contributed by atoms with Crippen LogP contribution in [0.2, 0.25) is 0 Å². The normalized spacial score (nSPS) is 25.6. The first-order chi connectivity index (χ1) is 27.6. The van der Waals surface area contributed by atoms with E-state index in [1.54, 1.807) is 24.3 Å². The number of hydrogen-bond donors (Lipinski definition) is 3. The van der Waals surface area contributed by atoms with Crippen LogP contribution in [0, 0.1) is 5.92 Å². The van der Waals surface area contributed by atoms with Gasteiger partial charge in [0.15, 0.2) is 11.3 Å². The third-order valence-electron chi connectivity index (χ3n) is 11.3. The molecule has 17 heteroatoms. The minimum atomic E-state index is -4.54. The van der Waals surface area contributed by atoms with Crippen molar-refractivity contribution in [2.24, 2.45) is 5.92 Å². The lowest BCUT2D eigenvalue weighted by molar-refractivity contribution is -0.142. The maximum atomic E-state index is 14.4. The van der Waals surface area contributed by atoms with Gasteiger partial charge in [0, 0.05) is 36.3 Å². The quantitative estimate of drug-likeness (QED) is 0.203. The molecule has 4 aromatic rings. The molecule has 1 saturated heterocycles. The monoisotopic (exact) mass is 821 g/mol. The highest BCUT2D eigenvalue weighted by Gasteiger charge is 2.62. The van der Waals surface area contributed by atoms with Crippen LogP contribution in [-0.2, 0) is 35.4 Å². The zero-order valence-electron chi connectivity index (χ0n) is 31.5. The number of hydrogen-bond acceptors (Lipinski definition) is 9. The van der Waals surface area contributed by atoms with Gasteiger partial charge in [0.1, 0.15) is 34.8 Å². The first-order valence-corrected chi connectivity index (χ1v) is 21.0. The molecule has 2 aromatic carbocycles. The van der Waals surface area contributed by atoms with E-state index in [1.165, 1.54) is 30.0 Å². The van der Waals surface area contributed by atoms with Crippen molar-refractivity contribution in [2.75, 3.05) is 6.54 Å². The second-order valence-electron chi connectivity index (χ2n) is 15.6. The summed E-state index contributed by atoms with van der Waals surface area (Å²) in [5, 5.41) is 5.53. The van der Waals surface area contributed by atoms with Crippen molar-refractivity contribution in [1.82, 2.24) is 25.2 Å². The minimum Gasteiger partial charge on any atom is -0.484 e. The standard InChI is InChI=1S/C41H42F3N5O8S/c1-23(50)45-30-11-6-4-2-3-5-9-26-21-40(26,39(53)48-58(54,55)28-17-18-28)47-37(51)32-19-27(22-49(32)38(30)52)56-34-20-31(24-13-15-25(16-14-24)41(42,43)44)46-35-29-10-7-8-12-33(29)57-36(34)35/h5,7-10,12-16,20,26-28,30,32H,2-4,6,11,17-19,21-22H2,1H3,(H,45,50)(H,47,51)(H,48,53)/t26-,27-,30+,32+,40-/m1/s1. The molecule has 2 aliphatic heterocycles. The molecule has 0 spiro atoms. The first-order valence-electron chi connectivity index (χ1n) is 19.4. The Labute approximate surface area is 331 Å². The molecule has 2 aliphatic carbocycles. The fourth-order valence-electron chi connectivity index (χ4n) is 7.99. The minimum absolute atomic E-state index is 0.0669. The highest BCUT2D eigenvalue weighted by Crippen LogP contribution is 2.46. The van der Waals surface area contributed by atoms with Gasteiger partial charge in [-0.1, -0.05) is 49.3 Å². The number of benzene rings is 2. The summed E-state index contributed by atoms with van der Waals surface area (Å²) in [6, 6.07) is 11.0. The number of fused-ring (bicyclic) bond motifs is 5. The van der Waals surface area contributed by atoms with Gasteiger partial charge >= 0.3 is 6.18 Å². The van der Waals surface area contributed by atoms with Gasteiger partial charge in [-0.25, -0.2) is 13.4 Å². The molecule has 58 heavy (non-hydrogen) atoms. The van der Waals surface area contributed by atoms with Crippen LogP contribution in [0.5, 0.6) is 5.75 Å². The summed E-state index contributed by atoms with van der Waals surface area (Å²) in [5.41, 5.74) is -0.622. The van der Waals surface area contributed by atoms with Crippen LogP contribution < -0.4 is 20.1 Å². The molecule has 306 valence electrons. The summed E-state index contributed by atoms with van der Waals surface area (Å²) in [5.74, 6) is -2.80.